The molecule has 1 N–H and O–H groups in total. The van der Waals surface area contributed by atoms with Crippen molar-refractivity contribution >= 4 is 5.69 Å². The summed E-state index contributed by atoms with van der Waals surface area (Å²) in [7, 11) is 3.62. The molecule has 0 amide bonds. The predicted molar refractivity (Wildman–Crippen MR) is 58.7 cm³/mol. The average Bonchev–Trinajstić information content (AvgIpc) is 2.16. The molecule has 0 bridgehead atoms. The molecule has 1 aromatic rings. The van der Waals surface area contributed by atoms with Gasteiger partial charge in [-0.2, -0.15) is 0 Å². The fourth-order valence-corrected chi connectivity index (χ4v) is 1.47. The molecule has 0 fully saturated rings. The van der Waals surface area contributed by atoms with Crippen LogP contribution in [0.15, 0.2) is 18.2 Å². The lowest BCUT2D eigenvalue weighted by atomic mass is 10.0. The van der Waals surface area contributed by atoms with Crippen molar-refractivity contribution in [2.75, 3.05) is 19.5 Å². The number of nitrogens with one attached hydrogen (secondary N) is 1. The smallest absolute Gasteiger partial charge is 0.142 e. The summed E-state index contributed by atoms with van der Waals surface area (Å²) in [6, 6.07) is 6.12. The van der Waals surface area contributed by atoms with Crippen molar-refractivity contribution in [3.63, 3.8) is 0 Å². The molecule has 1 aromatic carbocycles. The van der Waals surface area contributed by atoms with Crippen LogP contribution in [0, 0.1) is 0 Å². The first-order valence-electron chi connectivity index (χ1n) is 4.55. The largest absolute Gasteiger partial charge is 0.495 e. The van der Waals surface area contributed by atoms with Crippen LogP contribution in [-0.4, -0.2) is 14.2 Å². The minimum Gasteiger partial charge on any atom is -0.495 e. The van der Waals surface area contributed by atoms with Crippen LogP contribution in [0.1, 0.15) is 26.8 Å². The fraction of sp³-hybridized carbons (Fsp3) is 0.455. The fourth-order valence-electron chi connectivity index (χ4n) is 1.47. The van der Waals surface area contributed by atoms with E-state index in [1.807, 2.05) is 19.2 Å². The van der Waals surface area contributed by atoms with Gasteiger partial charge in [-0.25, -0.2) is 0 Å². The van der Waals surface area contributed by atoms with Crippen LogP contribution in [0.2, 0.25) is 0 Å². The molecule has 0 atom stereocenters. The Labute approximate surface area is 81.4 Å². The first kappa shape index (κ1) is 9.90. The van der Waals surface area contributed by atoms with E-state index >= 15 is 0 Å². The Hall–Kier alpha value is -1.18. The van der Waals surface area contributed by atoms with Gasteiger partial charge in [0.1, 0.15) is 5.75 Å². The quantitative estimate of drug-likeness (QED) is 0.773. The molecule has 0 saturated heterocycles. The number of hydrogen-bond donors (Lipinski definition) is 1. The maximum Gasteiger partial charge on any atom is 0.142 e. The van der Waals surface area contributed by atoms with Gasteiger partial charge in [0.2, 0.25) is 0 Å². The van der Waals surface area contributed by atoms with E-state index in [9.17, 15) is 0 Å². The van der Waals surface area contributed by atoms with Crippen LogP contribution in [0.3, 0.4) is 0 Å². The summed E-state index contributed by atoms with van der Waals surface area (Å²) in [5.74, 6) is 1.42. The number of hydrogen-bond acceptors (Lipinski definition) is 2. The summed E-state index contributed by atoms with van der Waals surface area (Å²) >= 11 is 0. The van der Waals surface area contributed by atoms with Gasteiger partial charge in [0.15, 0.2) is 0 Å². The molecule has 0 aromatic heterocycles. The average molecular weight is 181 g/mol. The van der Waals surface area contributed by atoms with Gasteiger partial charge < -0.3 is 10.1 Å². The molecule has 2 heteroatoms. The maximum atomic E-state index is 5.26. The molecule has 2 nitrogen and oxygen atoms in total. The second-order valence-corrected chi connectivity index (χ2v) is 3.33. The van der Waals surface area contributed by atoms with E-state index < -0.39 is 0 Å². The molecule has 0 saturated carbocycles. The van der Waals surface area contributed by atoms with Gasteiger partial charge in [0, 0.05) is 8.47 Å². The standard InChI is InChI=1S/C11H17NO.H2/c1-8(2)9-6-5-7-10(13-4)11(9)12-3;/h5-8,12H,1-4H3;1H. The van der Waals surface area contributed by atoms with Crippen LogP contribution in [0.25, 0.3) is 0 Å². The molecular weight excluding hydrogens is 162 g/mol. The van der Waals surface area contributed by atoms with Crippen molar-refractivity contribution in [1.82, 2.24) is 0 Å². The molecule has 13 heavy (non-hydrogen) atoms. The zero-order chi connectivity index (χ0) is 9.84. The highest BCUT2D eigenvalue weighted by molar-refractivity contribution is 5.62. The van der Waals surface area contributed by atoms with Gasteiger partial charge in [-0.3, -0.25) is 0 Å². The van der Waals surface area contributed by atoms with Crippen molar-refractivity contribution in [1.29, 1.82) is 0 Å². The minimum atomic E-state index is 0. The van der Waals surface area contributed by atoms with Gasteiger partial charge in [-0.1, -0.05) is 26.0 Å². The van der Waals surface area contributed by atoms with Crippen LogP contribution in [0.4, 0.5) is 5.69 Å². The predicted octanol–water partition coefficient (Wildman–Crippen LogP) is 3.11. The Morgan fingerprint density at radius 2 is 2.08 bits per heavy atom. The van der Waals surface area contributed by atoms with Gasteiger partial charge in [-0.05, 0) is 17.5 Å². The van der Waals surface area contributed by atoms with Crippen molar-refractivity contribution in [3.05, 3.63) is 23.8 Å². The first-order valence-corrected chi connectivity index (χ1v) is 4.55. The Morgan fingerprint density at radius 3 is 2.54 bits per heavy atom. The lowest BCUT2D eigenvalue weighted by Gasteiger charge is -2.15. The Morgan fingerprint density at radius 1 is 1.38 bits per heavy atom. The van der Waals surface area contributed by atoms with Crippen molar-refractivity contribution in [2.24, 2.45) is 0 Å². The van der Waals surface area contributed by atoms with Crippen molar-refractivity contribution in [3.8, 4) is 5.75 Å². The minimum absolute atomic E-state index is 0. The van der Waals surface area contributed by atoms with Crippen LogP contribution < -0.4 is 10.1 Å². The highest BCUT2D eigenvalue weighted by Crippen LogP contribution is 2.32. The molecule has 74 valence electrons. The van der Waals surface area contributed by atoms with E-state index in [1.165, 1.54) is 5.56 Å². The number of benzene rings is 1. The molecule has 1 rings (SSSR count). The van der Waals surface area contributed by atoms with Crippen LogP contribution >= 0.6 is 0 Å². The summed E-state index contributed by atoms with van der Waals surface area (Å²) in [5.41, 5.74) is 2.39. The molecule has 0 aliphatic carbocycles. The summed E-state index contributed by atoms with van der Waals surface area (Å²) in [6.45, 7) is 4.35. The second-order valence-electron chi connectivity index (χ2n) is 3.33. The zero-order valence-corrected chi connectivity index (χ0v) is 8.72. The number of para-hydroxylation sites is 1. The summed E-state index contributed by atoms with van der Waals surface area (Å²) in [5, 5.41) is 3.17. The Bertz CT molecular complexity index is 287. The highest BCUT2D eigenvalue weighted by Gasteiger charge is 2.09. The molecule has 0 radical (unpaired) electrons. The van der Waals surface area contributed by atoms with E-state index in [1.54, 1.807) is 7.11 Å². The third kappa shape index (κ3) is 1.94. The van der Waals surface area contributed by atoms with Crippen LogP contribution in [-0.2, 0) is 0 Å². The van der Waals surface area contributed by atoms with E-state index in [0.29, 0.717) is 5.92 Å². The number of methoxy groups -OCH3 is 1. The Balaban J connectivity index is 0.00000169. The van der Waals surface area contributed by atoms with E-state index in [-0.39, 0.29) is 1.43 Å². The second kappa shape index (κ2) is 4.17. The SMILES string of the molecule is CNc1c(OC)cccc1C(C)C.[HH]. The Kier molecular flexibility index (Phi) is 3.18. The van der Waals surface area contributed by atoms with Crippen LogP contribution in [0.5, 0.6) is 5.75 Å². The van der Waals surface area contributed by atoms with Crippen molar-refractivity contribution < 1.29 is 6.16 Å². The van der Waals surface area contributed by atoms with Crippen molar-refractivity contribution in [2.45, 2.75) is 19.8 Å². The summed E-state index contributed by atoms with van der Waals surface area (Å²) < 4.78 is 5.26. The summed E-state index contributed by atoms with van der Waals surface area (Å²) in [4.78, 5) is 0. The summed E-state index contributed by atoms with van der Waals surface area (Å²) in [6.07, 6.45) is 0. The first-order chi connectivity index (χ1) is 6.20. The number of rotatable bonds is 3. The lowest BCUT2D eigenvalue weighted by Crippen LogP contribution is -2.00. The van der Waals surface area contributed by atoms with Gasteiger partial charge in [0.05, 0.1) is 12.8 Å². The molecule has 0 heterocycles. The van der Waals surface area contributed by atoms with Gasteiger partial charge >= 0.3 is 0 Å². The molecule has 0 spiro atoms. The molecular formula is C11H19NO. The monoisotopic (exact) mass is 181 g/mol. The lowest BCUT2D eigenvalue weighted by molar-refractivity contribution is 0.416. The molecule has 0 aliphatic heterocycles. The molecule has 0 unspecified atom stereocenters. The number of ether oxygens (including phenoxy) is 1. The van der Waals surface area contributed by atoms with E-state index in [4.69, 9.17) is 4.74 Å². The third-order valence-corrected chi connectivity index (χ3v) is 2.15. The topological polar surface area (TPSA) is 21.3 Å². The van der Waals surface area contributed by atoms with Gasteiger partial charge in [0.25, 0.3) is 0 Å². The van der Waals surface area contributed by atoms with E-state index in [0.717, 1.165) is 11.4 Å². The van der Waals surface area contributed by atoms with E-state index in [2.05, 4.69) is 25.2 Å². The third-order valence-electron chi connectivity index (χ3n) is 2.15. The van der Waals surface area contributed by atoms with Gasteiger partial charge in [-0.15, -0.1) is 0 Å². The number of anilines is 1. The zero-order valence-electron chi connectivity index (χ0n) is 8.72. The molecule has 0 aliphatic rings. The normalized spacial score (nSPS) is 10.2. The maximum absolute atomic E-state index is 5.26. The highest BCUT2D eigenvalue weighted by atomic mass is 16.5.